The molecule has 1 amide bonds. The summed E-state index contributed by atoms with van der Waals surface area (Å²) in [6.45, 7) is 2.05. The molecule has 1 heterocycles. The molecule has 0 aliphatic heterocycles. The molecule has 1 saturated carbocycles. The van der Waals surface area contributed by atoms with E-state index in [4.69, 9.17) is 0 Å². The number of para-hydroxylation sites is 1. The Balaban J connectivity index is 1.72. The van der Waals surface area contributed by atoms with Crippen molar-refractivity contribution in [3.63, 3.8) is 0 Å². The first-order valence-corrected chi connectivity index (χ1v) is 8.43. The summed E-state index contributed by atoms with van der Waals surface area (Å²) in [7, 11) is 1.69. The van der Waals surface area contributed by atoms with Gasteiger partial charge in [0.05, 0.1) is 16.7 Å². The quantitative estimate of drug-likeness (QED) is 0.676. The standard InChI is InChI=1S/C16H19N3O2S/c1-10(11-7-8-11)17-14(20)9-22-16-18-13-6-4-3-5-12(13)15(21)19(16)2/h3-6,10-11H,7-9H2,1-2H3,(H,17,20). The lowest BCUT2D eigenvalue weighted by molar-refractivity contribution is -0.119. The molecule has 5 nitrogen and oxygen atoms in total. The number of thioether (sulfide) groups is 1. The molecule has 1 aromatic carbocycles. The monoisotopic (exact) mass is 317 g/mol. The molecule has 6 heteroatoms. The van der Waals surface area contributed by atoms with Gasteiger partial charge in [-0.25, -0.2) is 4.98 Å². The van der Waals surface area contributed by atoms with E-state index in [1.165, 1.54) is 29.2 Å². The van der Waals surface area contributed by atoms with Crippen molar-refractivity contribution in [3.05, 3.63) is 34.6 Å². The third-order valence-corrected chi connectivity index (χ3v) is 5.02. The molecule has 116 valence electrons. The molecule has 1 aromatic heterocycles. The molecule has 1 aliphatic carbocycles. The van der Waals surface area contributed by atoms with Gasteiger partial charge < -0.3 is 5.32 Å². The second-order valence-corrected chi connectivity index (χ2v) is 6.70. The molecule has 0 saturated heterocycles. The molecule has 1 aliphatic rings. The van der Waals surface area contributed by atoms with Crippen LogP contribution in [0.3, 0.4) is 0 Å². The summed E-state index contributed by atoms with van der Waals surface area (Å²) in [6, 6.07) is 7.50. The number of hydrogen-bond donors (Lipinski definition) is 1. The fourth-order valence-corrected chi connectivity index (χ4v) is 3.25. The highest BCUT2D eigenvalue weighted by molar-refractivity contribution is 7.99. The van der Waals surface area contributed by atoms with Gasteiger partial charge in [0.15, 0.2) is 5.16 Å². The number of aromatic nitrogens is 2. The summed E-state index contributed by atoms with van der Waals surface area (Å²) < 4.78 is 1.50. The number of amides is 1. The van der Waals surface area contributed by atoms with Gasteiger partial charge in [-0.3, -0.25) is 14.2 Å². The van der Waals surface area contributed by atoms with E-state index in [9.17, 15) is 9.59 Å². The van der Waals surface area contributed by atoms with E-state index in [1.807, 2.05) is 25.1 Å². The molecule has 1 N–H and O–H groups in total. The number of nitrogens with zero attached hydrogens (tertiary/aromatic N) is 2. The Bertz CT molecular complexity index is 768. The van der Waals surface area contributed by atoms with Crippen LogP contribution in [0.5, 0.6) is 0 Å². The molecule has 3 rings (SSSR count). The Hall–Kier alpha value is -1.82. The van der Waals surface area contributed by atoms with Crippen LogP contribution in [0.25, 0.3) is 10.9 Å². The minimum atomic E-state index is -0.0835. The van der Waals surface area contributed by atoms with E-state index in [1.54, 1.807) is 13.1 Å². The van der Waals surface area contributed by atoms with Crippen LogP contribution < -0.4 is 10.9 Å². The van der Waals surface area contributed by atoms with Crippen LogP contribution in [0.2, 0.25) is 0 Å². The highest BCUT2D eigenvalue weighted by Crippen LogP contribution is 2.32. The van der Waals surface area contributed by atoms with Gasteiger partial charge in [-0.2, -0.15) is 0 Å². The smallest absolute Gasteiger partial charge is 0.261 e. The van der Waals surface area contributed by atoms with Crippen molar-refractivity contribution >= 4 is 28.6 Å². The normalized spacial score (nSPS) is 15.7. The average Bonchev–Trinajstić information content (AvgIpc) is 3.34. The predicted octanol–water partition coefficient (Wildman–Crippen LogP) is 1.94. The second kappa shape index (κ2) is 6.12. The summed E-state index contributed by atoms with van der Waals surface area (Å²) in [5.74, 6) is 0.902. The fourth-order valence-electron chi connectivity index (χ4n) is 2.47. The summed E-state index contributed by atoms with van der Waals surface area (Å²) in [5.41, 5.74) is 0.583. The molecule has 22 heavy (non-hydrogen) atoms. The zero-order chi connectivity index (χ0) is 15.7. The Labute approximate surface area is 133 Å². The fraction of sp³-hybridized carbons (Fsp3) is 0.438. The van der Waals surface area contributed by atoms with Crippen molar-refractivity contribution in [1.29, 1.82) is 0 Å². The summed E-state index contributed by atoms with van der Waals surface area (Å²) in [6.07, 6.45) is 2.41. The summed E-state index contributed by atoms with van der Waals surface area (Å²) >= 11 is 1.30. The predicted molar refractivity (Wildman–Crippen MR) is 88.0 cm³/mol. The zero-order valence-corrected chi connectivity index (χ0v) is 13.5. The van der Waals surface area contributed by atoms with E-state index >= 15 is 0 Å². The van der Waals surface area contributed by atoms with E-state index in [2.05, 4.69) is 10.3 Å². The van der Waals surface area contributed by atoms with Gasteiger partial charge in [0.1, 0.15) is 0 Å². The Kier molecular flexibility index (Phi) is 4.20. The van der Waals surface area contributed by atoms with Crippen LogP contribution in [-0.2, 0) is 11.8 Å². The molecule has 2 aromatic rings. The molecule has 0 bridgehead atoms. The van der Waals surface area contributed by atoms with Crippen molar-refractivity contribution in [3.8, 4) is 0 Å². The van der Waals surface area contributed by atoms with Gasteiger partial charge in [-0.15, -0.1) is 0 Å². The van der Waals surface area contributed by atoms with Crippen LogP contribution in [-0.4, -0.2) is 27.3 Å². The number of carbonyl (C=O) groups is 1. The highest BCUT2D eigenvalue weighted by Gasteiger charge is 2.28. The molecule has 0 radical (unpaired) electrons. The van der Waals surface area contributed by atoms with Crippen LogP contribution in [0.4, 0.5) is 0 Å². The maximum absolute atomic E-state index is 12.3. The third kappa shape index (κ3) is 3.16. The Morgan fingerprint density at radius 1 is 1.45 bits per heavy atom. The van der Waals surface area contributed by atoms with Gasteiger partial charge in [0.25, 0.3) is 5.56 Å². The number of carbonyl (C=O) groups excluding carboxylic acids is 1. The van der Waals surface area contributed by atoms with Crippen LogP contribution in [0, 0.1) is 5.92 Å². The minimum absolute atomic E-state index is 0.00759. The van der Waals surface area contributed by atoms with Crippen molar-refractivity contribution in [2.24, 2.45) is 13.0 Å². The van der Waals surface area contributed by atoms with Gasteiger partial charge in [-0.05, 0) is 37.8 Å². The minimum Gasteiger partial charge on any atom is -0.353 e. The van der Waals surface area contributed by atoms with Crippen LogP contribution in [0.15, 0.2) is 34.2 Å². The van der Waals surface area contributed by atoms with E-state index in [0.717, 1.165) is 0 Å². The lowest BCUT2D eigenvalue weighted by Crippen LogP contribution is -2.35. The SMILES string of the molecule is CC(NC(=O)CSc1nc2ccccc2c(=O)n1C)C1CC1. The number of benzene rings is 1. The topological polar surface area (TPSA) is 64.0 Å². The van der Waals surface area contributed by atoms with E-state index in [0.29, 0.717) is 22.0 Å². The molecular formula is C16H19N3O2S. The highest BCUT2D eigenvalue weighted by atomic mass is 32.2. The molecule has 1 atom stereocenters. The van der Waals surface area contributed by atoms with Crippen molar-refractivity contribution < 1.29 is 4.79 Å². The molecule has 1 unspecified atom stereocenters. The molecule has 0 spiro atoms. The van der Waals surface area contributed by atoms with Gasteiger partial charge in [0, 0.05) is 13.1 Å². The van der Waals surface area contributed by atoms with Gasteiger partial charge in [0.2, 0.25) is 5.91 Å². The third-order valence-electron chi connectivity index (χ3n) is 3.99. The van der Waals surface area contributed by atoms with Crippen molar-refractivity contribution in [2.75, 3.05) is 5.75 Å². The average molecular weight is 317 g/mol. The van der Waals surface area contributed by atoms with Crippen molar-refractivity contribution in [1.82, 2.24) is 14.9 Å². The van der Waals surface area contributed by atoms with Crippen molar-refractivity contribution in [2.45, 2.75) is 31.0 Å². The lowest BCUT2D eigenvalue weighted by Gasteiger charge is -2.13. The Morgan fingerprint density at radius 2 is 2.18 bits per heavy atom. The van der Waals surface area contributed by atoms with Crippen LogP contribution >= 0.6 is 11.8 Å². The summed E-state index contributed by atoms with van der Waals surface area (Å²) in [5, 5.41) is 4.17. The first-order valence-electron chi connectivity index (χ1n) is 7.44. The number of fused-ring (bicyclic) bond motifs is 1. The molecule has 1 fully saturated rings. The van der Waals surface area contributed by atoms with Gasteiger partial charge >= 0.3 is 0 Å². The van der Waals surface area contributed by atoms with Gasteiger partial charge in [-0.1, -0.05) is 23.9 Å². The maximum atomic E-state index is 12.3. The Morgan fingerprint density at radius 3 is 2.91 bits per heavy atom. The number of rotatable bonds is 5. The zero-order valence-electron chi connectivity index (χ0n) is 12.7. The summed E-state index contributed by atoms with van der Waals surface area (Å²) in [4.78, 5) is 28.7. The first-order chi connectivity index (χ1) is 10.6. The van der Waals surface area contributed by atoms with Crippen LogP contribution in [0.1, 0.15) is 19.8 Å². The van der Waals surface area contributed by atoms with E-state index < -0.39 is 0 Å². The van der Waals surface area contributed by atoms with E-state index in [-0.39, 0.29) is 23.3 Å². The second-order valence-electron chi connectivity index (χ2n) is 5.76. The maximum Gasteiger partial charge on any atom is 0.261 e. The molecular weight excluding hydrogens is 298 g/mol. The number of nitrogens with one attached hydrogen (secondary N) is 1. The first kappa shape index (κ1) is 15.1. The lowest BCUT2D eigenvalue weighted by atomic mass is 10.2. The largest absolute Gasteiger partial charge is 0.353 e. The number of hydrogen-bond acceptors (Lipinski definition) is 4.